The van der Waals surface area contributed by atoms with E-state index in [0.29, 0.717) is 41.9 Å². The minimum atomic E-state index is -1.76. The lowest BCUT2D eigenvalue weighted by Gasteiger charge is -2.42. The highest BCUT2D eigenvalue weighted by Crippen LogP contribution is 2.42. The van der Waals surface area contributed by atoms with Gasteiger partial charge in [0.15, 0.2) is 8.32 Å². The van der Waals surface area contributed by atoms with E-state index in [1.807, 2.05) is 6.07 Å². The SMILES string of the molecule is CC(C)[Si](OCCC[C@@H]1OC(CCOCc2ccccc2)=CC[C@@H]1C)(C(C)C)C(C)C. The second-order valence-electron chi connectivity index (χ2n) is 10.1. The maximum Gasteiger partial charge on any atom is 0.200 e. The third-order valence-electron chi connectivity index (χ3n) is 6.95. The van der Waals surface area contributed by atoms with Gasteiger partial charge in [-0.15, -0.1) is 0 Å². The lowest BCUT2D eigenvalue weighted by molar-refractivity contribution is 0.0281. The Morgan fingerprint density at radius 2 is 1.61 bits per heavy atom. The molecular formula is C27H46O3Si. The van der Waals surface area contributed by atoms with Crippen LogP contribution in [0.1, 0.15) is 79.7 Å². The highest BCUT2D eigenvalue weighted by atomic mass is 28.4. The number of benzene rings is 1. The Morgan fingerprint density at radius 3 is 2.23 bits per heavy atom. The zero-order valence-electron chi connectivity index (χ0n) is 21.0. The summed E-state index contributed by atoms with van der Waals surface area (Å²) in [5, 5.41) is 0. The average molecular weight is 447 g/mol. The van der Waals surface area contributed by atoms with Gasteiger partial charge >= 0.3 is 0 Å². The van der Waals surface area contributed by atoms with Crippen LogP contribution in [0.25, 0.3) is 0 Å². The first-order valence-electron chi connectivity index (χ1n) is 12.4. The minimum Gasteiger partial charge on any atom is -0.495 e. The predicted octanol–water partition coefficient (Wildman–Crippen LogP) is 7.87. The topological polar surface area (TPSA) is 27.7 Å². The van der Waals surface area contributed by atoms with Gasteiger partial charge in [0.05, 0.1) is 19.0 Å². The van der Waals surface area contributed by atoms with Crippen LogP contribution in [0, 0.1) is 5.92 Å². The molecule has 0 aliphatic carbocycles. The third kappa shape index (κ3) is 7.47. The van der Waals surface area contributed by atoms with E-state index in [1.54, 1.807) is 0 Å². The van der Waals surface area contributed by atoms with Gasteiger partial charge in [0, 0.05) is 13.0 Å². The van der Waals surface area contributed by atoms with Crippen molar-refractivity contribution in [1.29, 1.82) is 0 Å². The zero-order valence-corrected chi connectivity index (χ0v) is 22.0. The van der Waals surface area contributed by atoms with Gasteiger partial charge < -0.3 is 13.9 Å². The highest BCUT2D eigenvalue weighted by molar-refractivity contribution is 6.77. The molecule has 0 saturated heterocycles. The Hall–Kier alpha value is -1.10. The standard InChI is InChI=1S/C27H46O3Si/c1-21(2)31(22(3)4,23(5)6)29-18-11-14-27-24(7)15-16-26(30-27)17-19-28-20-25-12-9-8-10-13-25/h8-10,12-13,16,21-24,27H,11,14-15,17-20H2,1-7H3/t24-,27-/m0/s1. The Balaban J connectivity index is 1.75. The Kier molecular flexibility index (Phi) is 10.8. The number of hydrogen-bond donors (Lipinski definition) is 0. The monoisotopic (exact) mass is 446 g/mol. The fourth-order valence-corrected chi connectivity index (χ4v) is 10.8. The van der Waals surface area contributed by atoms with Crippen LogP contribution in [-0.2, 0) is 20.5 Å². The molecule has 3 nitrogen and oxygen atoms in total. The zero-order chi connectivity index (χ0) is 22.9. The van der Waals surface area contributed by atoms with E-state index in [4.69, 9.17) is 13.9 Å². The Labute approximate surface area is 192 Å². The van der Waals surface area contributed by atoms with Crippen LogP contribution < -0.4 is 0 Å². The summed E-state index contributed by atoms with van der Waals surface area (Å²) in [5.74, 6) is 1.67. The van der Waals surface area contributed by atoms with Gasteiger partial charge in [0.2, 0.25) is 0 Å². The van der Waals surface area contributed by atoms with E-state index >= 15 is 0 Å². The van der Waals surface area contributed by atoms with Gasteiger partial charge in [-0.25, -0.2) is 0 Å². The first-order chi connectivity index (χ1) is 14.8. The van der Waals surface area contributed by atoms with Crippen molar-refractivity contribution in [2.45, 2.75) is 103 Å². The van der Waals surface area contributed by atoms with E-state index in [-0.39, 0.29) is 0 Å². The van der Waals surface area contributed by atoms with Crippen molar-refractivity contribution in [2.24, 2.45) is 5.92 Å². The van der Waals surface area contributed by atoms with Crippen LogP contribution in [0.15, 0.2) is 42.2 Å². The van der Waals surface area contributed by atoms with Crippen molar-refractivity contribution >= 4 is 8.32 Å². The molecule has 2 atom stereocenters. The van der Waals surface area contributed by atoms with Gasteiger partial charge in [-0.3, -0.25) is 0 Å². The summed E-state index contributed by atoms with van der Waals surface area (Å²) in [6.45, 7) is 18.7. The Morgan fingerprint density at radius 1 is 0.968 bits per heavy atom. The summed E-state index contributed by atoms with van der Waals surface area (Å²) in [4.78, 5) is 0. The number of hydrogen-bond acceptors (Lipinski definition) is 3. The van der Waals surface area contributed by atoms with E-state index in [1.165, 1.54) is 5.56 Å². The first kappa shape index (κ1) is 26.2. The second kappa shape index (κ2) is 12.8. The number of ether oxygens (including phenoxy) is 2. The largest absolute Gasteiger partial charge is 0.495 e. The molecule has 0 fully saturated rings. The smallest absolute Gasteiger partial charge is 0.200 e. The van der Waals surface area contributed by atoms with Crippen molar-refractivity contribution in [1.82, 2.24) is 0 Å². The van der Waals surface area contributed by atoms with Crippen LogP contribution in [0.5, 0.6) is 0 Å². The maximum atomic E-state index is 6.74. The molecule has 0 unspecified atom stereocenters. The van der Waals surface area contributed by atoms with Crippen LogP contribution in [0.4, 0.5) is 0 Å². The lowest BCUT2D eigenvalue weighted by Crippen LogP contribution is -2.48. The minimum absolute atomic E-state index is 0.297. The third-order valence-corrected chi connectivity index (χ3v) is 13.1. The molecule has 1 aliphatic heterocycles. The average Bonchev–Trinajstić information content (AvgIpc) is 2.73. The molecule has 0 amide bonds. The molecule has 4 heteroatoms. The summed E-state index contributed by atoms with van der Waals surface area (Å²) < 4.78 is 19.0. The van der Waals surface area contributed by atoms with Gasteiger partial charge in [-0.2, -0.15) is 0 Å². The normalized spacial score (nSPS) is 19.7. The quantitative estimate of drug-likeness (QED) is 0.228. The van der Waals surface area contributed by atoms with Gasteiger partial charge in [-0.05, 0) is 53.4 Å². The molecule has 0 radical (unpaired) electrons. The molecule has 31 heavy (non-hydrogen) atoms. The Bertz CT molecular complexity index is 632. The van der Waals surface area contributed by atoms with Gasteiger partial charge in [-0.1, -0.05) is 78.8 Å². The fraction of sp³-hybridized carbons (Fsp3) is 0.704. The van der Waals surface area contributed by atoms with Gasteiger partial charge in [0.1, 0.15) is 6.10 Å². The number of allylic oxidation sites excluding steroid dienone is 1. The van der Waals surface area contributed by atoms with Crippen molar-refractivity contribution in [3.05, 3.63) is 47.7 Å². The van der Waals surface area contributed by atoms with Crippen molar-refractivity contribution < 1.29 is 13.9 Å². The molecule has 2 rings (SSSR count). The van der Waals surface area contributed by atoms with Crippen LogP contribution in [-0.4, -0.2) is 27.6 Å². The summed E-state index contributed by atoms with van der Waals surface area (Å²) in [6, 6.07) is 10.3. The second-order valence-corrected chi connectivity index (χ2v) is 15.6. The molecule has 176 valence electrons. The van der Waals surface area contributed by atoms with Crippen LogP contribution in [0.2, 0.25) is 16.6 Å². The summed E-state index contributed by atoms with van der Waals surface area (Å²) in [7, 11) is -1.76. The molecule has 1 aromatic carbocycles. The molecule has 0 N–H and O–H groups in total. The number of rotatable bonds is 13. The van der Waals surface area contributed by atoms with Crippen molar-refractivity contribution in [3.63, 3.8) is 0 Å². The maximum absolute atomic E-state index is 6.74. The summed E-state index contributed by atoms with van der Waals surface area (Å²) in [6.07, 6.45) is 6.66. The molecule has 1 heterocycles. The predicted molar refractivity (Wildman–Crippen MR) is 134 cm³/mol. The molecular weight excluding hydrogens is 400 g/mol. The van der Waals surface area contributed by atoms with E-state index < -0.39 is 8.32 Å². The molecule has 0 bridgehead atoms. The molecule has 0 spiro atoms. The molecule has 0 saturated carbocycles. The first-order valence-corrected chi connectivity index (χ1v) is 14.5. The fourth-order valence-electron chi connectivity index (χ4n) is 5.30. The van der Waals surface area contributed by atoms with Crippen LogP contribution in [0.3, 0.4) is 0 Å². The lowest BCUT2D eigenvalue weighted by atomic mass is 9.94. The summed E-state index contributed by atoms with van der Waals surface area (Å²) in [5.41, 5.74) is 3.14. The summed E-state index contributed by atoms with van der Waals surface area (Å²) >= 11 is 0. The van der Waals surface area contributed by atoms with E-state index in [0.717, 1.165) is 38.0 Å². The molecule has 1 aliphatic rings. The van der Waals surface area contributed by atoms with E-state index in [2.05, 4.69) is 78.8 Å². The molecule has 1 aromatic rings. The van der Waals surface area contributed by atoms with Gasteiger partial charge in [0.25, 0.3) is 0 Å². The molecule has 0 aromatic heterocycles. The van der Waals surface area contributed by atoms with Crippen LogP contribution >= 0.6 is 0 Å². The van der Waals surface area contributed by atoms with Crippen molar-refractivity contribution in [3.8, 4) is 0 Å². The van der Waals surface area contributed by atoms with E-state index in [9.17, 15) is 0 Å². The highest BCUT2D eigenvalue weighted by Gasteiger charge is 2.44. The van der Waals surface area contributed by atoms with Crippen molar-refractivity contribution in [2.75, 3.05) is 13.2 Å².